The van der Waals surface area contributed by atoms with Crippen molar-refractivity contribution >= 4 is 18.1 Å². The number of rotatable bonds is 6. The SMILES string of the molecule is NC(CN(CC=O)C(=O)O)C1CCN(c2cccc(C(F)(F)F)c2)CC1. The molecule has 1 amide bonds. The summed E-state index contributed by atoms with van der Waals surface area (Å²) in [6.07, 6.45) is -3.78. The molecule has 1 unspecified atom stereocenters. The van der Waals surface area contributed by atoms with Gasteiger partial charge < -0.3 is 20.5 Å². The first-order chi connectivity index (χ1) is 12.2. The Kier molecular flexibility index (Phi) is 6.47. The number of hydrogen-bond donors (Lipinski definition) is 2. The van der Waals surface area contributed by atoms with Crippen molar-refractivity contribution in [3.63, 3.8) is 0 Å². The van der Waals surface area contributed by atoms with Gasteiger partial charge in [-0.05, 0) is 37.0 Å². The summed E-state index contributed by atoms with van der Waals surface area (Å²) in [5, 5.41) is 9.05. The van der Waals surface area contributed by atoms with Crippen LogP contribution >= 0.6 is 0 Å². The van der Waals surface area contributed by atoms with E-state index in [2.05, 4.69) is 0 Å². The number of amides is 1. The van der Waals surface area contributed by atoms with Gasteiger partial charge in [0.2, 0.25) is 0 Å². The number of piperidine rings is 1. The topological polar surface area (TPSA) is 86.9 Å². The standard InChI is InChI=1S/C17H22F3N3O3/c18-17(19,20)13-2-1-3-14(10-13)22-6-4-12(5-7-22)15(21)11-23(8-9-24)16(25)26/h1-3,9-10,12,15H,4-8,11,21H2,(H,25,26). The van der Waals surface area contributed by atoms with E-state index in [9.17, 15) is 22.8 Å². The Morgan fingerprint density at radius 3 is 2.58 bits per heavy atom. The zero-order valence-electron chi connectivity index (χ0n) is 14.2. The number of carbonyl (C=O) groups is 2. The average Bonchev–Trinajstić information content (AvgIpc) is 2.60. The van der Waals surface area contributed by atoms with Crippen LogP contribution in [-0.4, -0.2) is 54.6 Å². The number of nitrogens with zero attached hydrogens (tertiary/aromatic N) is 2. The third-order valence-corrected chi connectivity index (χ3v) is 4.68. The normalized spacial score (nSPS) is 17.0. The fourth-order valence-corrected chi connectivity index (χ4v) is 3.19. The fraction of sp³-hybridized carbons (Fsp3) is 0.529. The summed E-state index contributed by atoms with van der Waals surface area (Å²) >= 11 is 0. The minimum absolute atomic E-state index is 0.0468. The quantitative estimate of drug-likeness (QED) is 0.748. The molecule has 144 valence electrons. The minimum Gasteiger partial charge on any atom is -0.465 e. The fourth-order valence-electron chi connectivity index (χ4n) is 3.19. The highest BCUT2D eigenvalue weighted by molar-refractivity contribution is 5.69. The molecule has 0 radical (unpaired) electrons. The van der Waals surface area contributed by atoms with Gasteiger partial charge in [-0.3, -0.25) is 4.90 Å². The summed E-state index contributed by atoms with van der Waals surface area (Å²) in [6, 6.07) is 4.79. The van der Waals surface area contributed by atoms with Crippen LogP contribution in [0.2, 0.25) is 0 Å². The van der Waals surface area contributed by atoms with Crippen LogP contribution in [0.5, 0.6) is 0 Å². The monoisotopic (exact) mass is 373 g/mol. The summed E-state index contributed by atoms with van der Waals surface area (Å²) < 4.78 is 38.5. The molecule has 2 rings (SSSR count). The first-order valence-corrected chi connectivity index (χ1v) is 8.31. The smallest absolute Gasteiger partial charge is 0.416 e. The average molecular weight is 373 g/mol. The summed E-state index contributed by atoms with van der Waals surface area (Å²) in [6.45, 7) is 0.912. The number of benzene rings is 1. The second-order valence-electron chi connectivity index (χ2n) is 6.39. The van der Waals surface area contributed by atoms with Crippen molar-refractivity contribution in [3.05, 3.63) is 29.8 Å². The van der Waals surface area contributed by atoms with Gasteiger partial charge in [-0.15, -0.1) is 0 Å². The molecule has 1 heterocycles. The van der Waals surface area contributed by atoms with Crippen molar-refractivity contribution in [1.29, 1.82) is 0 Å². The molecule has 0 aliphatic carbocycles. The lowest BCUT2D eigenvalue weighted by molar-refractivity contribution is -0.137. The molecule has 0 bridgehead atoms. The van der Waals surface area contributed by atoms with Gasteiger partial charge in [-0.2, -0.15) is 13.2 Å². The molecule has 26 heavy (non-hydrogen) atoms. The molecule has 3 N–H and O–H groups in total. The van der Waals surface area contributed by atoms with E-state index in [0.717, 1.165) is 17.0 Å². The van der Waals surface area contributed by atoms with E-state index < -0.39 is 23.9 Å². The number of halogens is 3. The maximum absolute atomic E-state index is 12.8. The van der Waals surface area contributed by atoms with Crippen molar-refractivity contribution in [2.24, 2.45) is 11.7 Å². The summed E-state index contributed by atoms with van der Waals surface area (Å²) in [5.41, 5.74) is 5.93. The van der Waals surface area contributed by atoms with E-state index in [0.29, 0.717) is 37.9 Å². The van der Waals surface area contributed by atoms with Crippen LogP contribution in [0.4, 0.5) is 23.7 Å². The number of anilines is 1. The van der Waals surface area contributed by atoms with Gasteiger partial charge in [-0.1, -0.05) is 6.07 Å². The molecule has 1 saturated heterocycles. The highest BCUT2D eigenvalue weighted by Crippen LogP contribution is 2.33. The van der Waals surface area contributed by atoms with Gasteiger partial charge in [-0.25, -0.2) is 4.79 Å². The Balaban J connectivity index is 1.94. The molecule has 1 atom stereocenters. The molecule has 6 nitrogen and oxygen atoms in total. The molecule has 0 saturated carbocycles. The zero-order chi connectivity index (χ0) is 19.3. The number of alkyl halides is 3. The number of aldehydes is 1. The molecule has 1 fully saturated rings. The minimum atomic E-state index is -4.38. The lowest BCUT2D eigenvalue weighted by atomic mass is 9.89. The van der Waals surface area contributed by atoms with Crippen LogP contribution in [0.25, 0.3) is 0 Å². The molecular weight excluding hydrogens is 351 g/mol. The van der Waals surface area contributed by atoms with Crippen molar-refractivity contribution in [3.8, 4) is 0 Å². The van der Waals surface area contributed by atoms with Crippen LogP contribution in [0.1, 0.15) is 18.4 Å². The van der Waals surface area contributed by atoms with Crippen molar-refractivity contribution in [1.82, 2.24) is 4.90 Å². The highest BCUT2D eigenvalue weighted by atomic mass is 19.4. The Hall–Kier alpha value is -2.29. The van der Waals surface area contributed by atoms with E-state index in [1.165, 1.54) is 6.07 Å². The second-order valence-corrected chi connectivity index (χ2v) is 6.39. The molecule has 0 aromatic heterocycles. The maximum atomic E-state index is 12.8. The Morgan fingerprint density at radius 1 is 1.38 bits per heavy atom. The summed E-state index contributed by atoms with van der Waals surface area (Å²) in [7, 11) is 0. The van der Waals surface area contributed by atoms with Gasteiger partial charge >= 0.3 is 12.3 Å². The van der Waals surface area contributed by atoms with Crippen LogP contribution in [0.3, 0.4) is 0 Å². The largest absolute Gasteiger partial charge is 0.465 e. The zero-order valence-corrected chi connectivity index (χ0v) is 14.2. The van der Waals surface area contributed by atoms with E-state index in [1.807, 2.05) is 4.90 Å². The van der Waals surface area contributed by atoms with Gasteiger partial charge in [0, 0.05) is 31.4 Å². The third kappa shape index (κ3) is 5.10. The number of nitrogens with two attached hydrogens (primary N) is 1. The van der Waals surface area contributed by atoms with E-state index >= 15 is 0 Å². The van der Waals surface area contributed by atoms with Gasteiger partial charge in [0.25, 0.3) is 0 Å². The molecule has 1 aromatic rings. The van der Waals surface area contributed by atoms with Crippen LogP contribution in [-0.2, 0) is 11.0 Å². The predicted molar refractivity (Wildman–Crippen MR) is 90.0 cm³/mol. The van der Waals surface area contributed by atoms with Crippen molar-refractivity contribution in [2.45, 2.75) is 25.1 Å². The second kappa shape index (κ2) is 8.39. The number of hydrogen-bond acceptors (Lipinski definition) is 4. The van der Waals surface area contributed by atoms with Crippen LogP contribution < -0.4 is 10.6 Å². The third-order valence-electron chi connectivity index (χ3n) is 4.68. The van der Waals surface area contributed by atoms with E-state index in [-0.39, 0.29) is 19.0 Å². The van der Waals surface area contributed by atoms with Crippen molar-refractivity contribution in [2.75, 3.05) is 31.1 Å². The lowest BCUT2D eigenvalue weighted by Gasteiger charge is -2.37. The molecule has 0 spiro atoms. The Labute approximate surface area is 149 Å². The predicted octanol–water partition coefficient (Wildman–Crippen LogP) is 2.43. The Bertz CT molecular complexity index is 631. The molecule has 1 aliphatic rings. The maximum Gasteiger partial charge on any atom is 0.416 e. The van der Waals surface area contributed by atoms with E-state index in [1.54, 1.807) is 6.07 Å². The summed E-state index contributed by atoms with van der Waals surface area (Å²) in [5.74, 6) is 0.0468. The van der Waals surface area contributed by atoms with E-state index in [4.69, 9.17) is 10.8 Å². The van der Waals surface area contributed by atoms with Gasteiger partial charge in [0.05, 0.1) is 12.1 Å². The Morgan fingerprint density at radius 2 is 2.04 bits per heavy atom. The van der Waals surface area contributed by atoms with Crippen LogP contribution in [0.15, 0.2) is 24.3 Å². The molecular formula is C17H22F3N3O3. The van der Waals surface area contributed by atoms with Crippen molar-refractivity contribution < 1.29 is 27.9 Å². The number of carboxylic acid groups (broad SMARTS) is 1. The first kappa shape index (κ1) is 20.0. The van der Waals surface area contributed by atoms with Gasteiger partial charge in [0.15, 0.2) is 0 Å². The van der Waals surface area contributed by atoms with Gasteiger partial charge in [0.1, 0.15) is 6.29 Å². The molecule has 1 aliphatic heterocycles. The van der Waals surface area contributed by atoms with Crippen LogP contribution in [0, 0.1) is 5.92 Å². The summed E-state index contributed by atoms with van der Waals surface area (Å²) in [4.78, 5) is 24.5. The first-order valence-electron chi connectivity index (χ1n) is 8.31. The molecule has 9 heteroatoms. The number of carbonyl (C=O) groups excluding carboxylic acids is 1. The molecule has 1 aromatic carbocycles. The highest BCUT2D eigenvalue weighted by Gasteiger charge is 2.32. The lowest BCUT2D eigenvalue weighted by Crippen LogP contribution is -2.48.